The molecule has 2 saturated heterocycles. The molecule has 2 fully saturated rings. The number of ether oxygens (including phenoxy) is 1. The van der Waals surface area contributed by atoms with Crippen LogP contribution in [-0.4, -0.2) is 48.2 Å². The fourth-order valence-electron chi connectivity index (χ4n) is 4.92. The van der Waals surface area contributed by atoms with Crippen molar-refractivity contribution >= 4 is 27.4 Å². The Bertz CT molecular complexity index is 1060. The molecule has 0 amide bonds. The summed E-state index contributed by atoms with van der Waals surface area (Å²) in [5, 5.41) is 1.25. The van der Waals surface area contributed by atoms with Crippen LogP contribution in [0.2, 0.25) is 0 Å². The van der Waals surface area contributed by atoms with E-state index in [1.165, 1.54) is 47.3 Å². The van der Waals surface area contributed by atoms with Gasteiger partial charge in [0, 0.05) is 23.9 Å². The molecule has 0 N–H and O–H groups in total. The number of fused-ring (bicyclic) bond motifs is 1. The molecule has 5 nitrogen and oxygen atoms in total. The third kappa shape index (κ3) is 3.56. The van der Waals surface area contributed by atoms with E-state index in [9.17, 15) is 0 Å². The molecule has 6 heteroatoms. The van der Waals surface area contributed by atoms with Crippen LogP contribution in [0.15, 0.2) is 24.3 Å². The van der Waals surface area contributed by atoms with Crippen LogP contribution in [0.25, 0.3) is 10.2 Å². The molecule has 0 radical (unpaired) electrons. The lowest BCUT2D eigenvalue weighted by Crippen LogP contribution is -2.24. The van der Waals surface area contributed by atoms with E-state index in [1.807, 2.05) is 17.4 Å². The molecule has 30 heavy (non-hydrogen) atoms. The van der Waals surface area contributed by atoms with Crippen LogP contribution in [0.3, 0.4) is 0 Å². The second-order valence-electron chi connectivity index (χ2n) is 8.58. The number of methoxy groups -OCH3 is 1. The summed E-state index contributed by atoms with van der Waals surface area (Å²) in [6.07, 6.45) is 3.70. The fraction of sp³-hybridized carbons (Fsp3) is 0.500. The molecule has 2 aliphatic rings. The lowest BCUT2D eigenvalue weighted by atomic mass is 9.97. The predicted molar refractivity (Wildman–Crippen MR) is 124 cm³/mol. The number of aromatic nitrogens is 2. The first kappa shape index (κ1) is 19.8. The zero-order valence-electron chi connectivity index (χ0n) is 18.1. The summed E-state index contributed by atoms with van der Waals surface area (Å²) < 4.78 is 5.64. The molecule has 2 aliphatic heterocycles. The highest BCUT2D eigenvalue weighted by molar-refractivity contribution is 7.18. The van der Waals surface area contributed by atoms with Gasteiger partial charge in [0.05, 0.1) is 19.0 Å². The van der Waals surface area contributed by atoms with Crippen LogP contribution < -0.4 is 9.64 Å². The van der Waals surface area contributed by atoms with Gasteiger partial charge in [-0.05, 0) is 63.4 Å². The molecule has 0 saturated carbocycles. The van der Waals surface area contributed by atoms with Gasteiger partial charge in [-0.2, -0.15) is 0 Å². The summed E-state index contributed by atoms with van der Waals surface area (Å²) >= 11 is 1.81. The van der Waals surface area contributed by atoms with Crippen LogP contribution in [0, 0.1) is 13.8 Å². The zero-order valence-corrected chi connectivity index (χ0v) is 19.0. The molecule has 1 atom stereocenters. The first-order valence-corrected chi connectivity index (χ1v) is 11.8. The normalized spacial score (nSPS) is 19.8. The van der Waals surface area contributed by atoms with Crippen LogP contribution in [0.5, 0.6) is 5.75 Å². The Morgan fingerprint density at radius 3 is 2.70 bits per heavy atom. The van der Waals surface area contributed by atoms with Crippen molar-refractivity contribution in [3.8, 4) is 5.75 Å². The van der Waals surface area contributed by atoms with Crippen molar-refractivity contribution in [2.24, 2.45) is 0 Å². The Balaban J connectivity index is 1.49. The number of para-hydroxylation sites is 1. The van der Waals surface area contributed by atoms with Crippen molar-refractivity contribution in [1.29, 1.82) is 0 Å². The average molecular weight is 423 g/mol. The van der Waals surface area contributed by atoms with E-state index in [0.29, 0.717) is 5.92 Å². The lowest BCUT2D eigenvalue weighted by molar-refractivity contribution is 0.323. The van der Waals surface area contributed by atoms with Crippen LogP contribution >= 0.6 is 11.3 Å². The Morgan fingerprint density at radius 2 is 1.90 bits per heavy atom. The highest BCUT2D eigenvalue weighted by atomic mass is 32.1. The maximum atomic E-state index is 5.64. The van der Waals surface area contributed by atoms with Gasteiger partial charge in [-0.25, -0.2) is 9.97 Å². The van der Waals surface area contributed by atoms with E-state index in [-0.39, 0.29) is 0 Å². The SMILES string of the molecule is COc1ccccc1C1CCN(c2nc(CN3CCCC3)nc3sc(C)c(C)c23)C1. The van der Waals surface area contributed by atoms with Crippen molar-refractivity contribution in [2.75, 3.05) is 38.2 Å². The number of likely N-dealkylation sites (tertiary alicyclic amines) is 1. The minimum Gasteiger partial charge on any atom is -0.496 e. The maximum Gasteiger partial charge on any atom is 0.146 e. The van der Waals surface area contributed by atoms with Gasteiger partial charge < -0.3 is 9.64 Å². The molecule has 5 rings (SSSR count). The molecule has 1 aromatic carbocycles. The Kier molecular flexibility index (Phi) is 5.37. The molecule has 3 aromatic rings. The van der Waals surface area contributed by atoms with Gasteiger partial charge in [-0.3, -0.25) is 4.90 Å². The van der Waals surface area contributed by atoms with Crippen molar-refractivity contribution in [3.63, 3.8) is 0 Å². The topological polar surface area (TPSA) is 41.5 Å². The second-order valence-corrected chi connectivity index (χ2v) is 9.79. The Labute approximate surface area is 182 Å². The molecule has 1 unspecified atom stereocenters. The molecule has 4 heterocycles. The third-order valence-corrected chi connectivity index (χ3v) is 7.79. The molecule has 2 aromatic heterocycles. The maximum absolute atomic E-state index is 5.64. The van der Waals surface area contributed by atoms with E-state index in [2.05, 4.69) is 41.8 Å². The van der Waals surface area contributed by atoms with E-state index >= 15 is 0 Å². The number of nitrogens with zero attached hydrogens (tertiary/aromatic N) is 4. The van der Waals surface area contributed by atoms with Crippen molar-refractivity contribution < 1.29 is 4.74 Å². The summed E-state index contributed by atoms with van der Waals surface area (Å²) in [4.78, 5) is 17.6. The zero-order chi connectivity index (χ0) is 20.7. The minimum absolute atomic E-state index is 0.466. The number of thiophene rings is 1. The third-order valence-electron chi connectivity index (χ3n) is 6.69. The first-order valence-electron chi connectivity index (χ1n) is 11.0. The van der Waals surface area contributed by atoms with Gasteiger partial charge in [0.15, 0.2) is 0 Å². The van der Waals surface area contributed by atoms with Crippen molar-refractivity contribution in [3.05, 3.63) is 46.1 Å². The monoisotopic (exact) mass is 422 g/mol. The second kappa shape index (κ2) is 8.16. The Morgan fingerprint density at radius 1 is 1.10 bits per heavy atom. The molecule has 158 valence electrons. The summed E-state index contributed by atoms with van der Waals surface area (Å²) in [6, 6.07) is 8.44. The van der Waals surface area contributed by atoms with Crippen LogP contribution in [0.1, 0.15) is 47.0 Å². The Hall–Kier alpha value is -2.18. The molecule has 0 aliphatic carbocycles. The van der Waals surface area contributed by atoms with Gasteiger partial charge in [-0.15, -0.1) is 11.3 Å². The van der Waals surface area contributed by atoms with E-state index in [4.69, 9.17) is 14.7 Å². The highest BCUT2D eigenvalue weighted by Gasteiger charge is 2.29. The molecular weight excluding hydrogens is 392 g/mol. The molecular formula is C24H30N4OS. The summed E-state index contributed by atoms with van der Waals surface area (Å²) in [5.74, 6) is 3.57. The van der Waals surface area contributed by atoms with Crippen molar-refractivity contribution in [2.45, 2.75) is 45.6 Å². The highest BCUT2D eigenvalue weighted by Crippen LogP contribution is 2.40. The van der Waals surface area contributed by atoms with Gasteiger partial charge in [0.1, 0.15) is 22.2 Å². The van der Waals surface area contributed by atoms with E-state index < -0.39 is 0 Å². The summed E-state index contributed by atoms with van der Waals surface area (Å²) in [5.41, 5.74) is 2.64. The smallest absolute Gasteiger partial charge is 0.146 e. The van der Waals surface area contributed by atoms with E-state index in [0.717, 1.165) is 48.3 Å². The predicted octanol–water partition coefficient (Wildman–Crippen LogP) is 4.91. The average Bonchev–Trinajstić information content (AvgIpc) is 3.50. The van der Waals surface area contributed by atoms with Gasteiger partial charge in [0.2, 0.25) is 0 Å². The number of hydrogen-bond acceptors (Lipinski definition) is 6. The van der Waals surface area contributed by atoms with Crippen LogP contribution in [0.4, 0.5) is 5.82 Å². The van der Waals surface area contributed by atoms with Gasteiger partial charge in [0.25, 0.3) is 0 Å². The number of benzene rings is 1. The first-order chi connectivity index (χ1) is 14.6. The van der Waals surface area contributed by atoms with E-state index in [1.54, 1.807) is 7.11 Å². The van der Waals surface area contributed by atoms with Crippen LogP contribution in [-0.2, 0) is 6.54 Å². The standard InChI is InChI=1S/C24H30N4OS/c1-16-17(2)30-24-22(16)23(25-21(26-24)15-27-11-6-7-12-27)28-13-10-18(14-28)19-8-4-5-9-20(19)29-3/h4-5,8-9,18H,6-7,10-15H2,1-3H3. The van der Waals surface area contributed by atoms with Gasteiger partial charge >= 0.3 is 0 Å². The molecule has 0 bridgehead atoms. The van der Waals surface area contributed by atoms with Gasteiger partial charge in [-0.1, -0.05) is 18.2 Å². The summed E-state index contributed by atoms with van der Waals surface area (Å²) in [7, 11) is 1.77. The quantitative estimate of drug-likeness (QED) is 0.585. The lowest BCUT2D eigenvalue weighted by Gasteiger charge is -2.21. The minimum atomic E-state index is 0.466. The number of aryl methyl sites for hydroxylation is 2. The largest absolute Gasteiger partial charge is 0.496 e. The number of hydrogen-bond donors (Lipinski definition) is 0. The number of anilines is 1. The molecule has 0 spiro atoms. The van der Waals surface area contributed by atoms with Crippen molar-refractivity contribution in [1.82, 2.24) is 14.9 Å². The fourth-order valence-corrected chi connectivity index (χ4v) is 5.96. The summed E-state index contributed by atoms with van der Waals surface area (Å²) in [6.45, 7) is 9.61. The number of rotatable bonds is 5.